The molecule has 1 N–H and O–H groups in total. The number of nitrogens with one attached hydrogen (secondary N) is 1. The molecule has 1 aliphatic heterocycles. The fraction of sp³-hybridized carbons (Fsp3) is 0.222. The predicted molar refractivity (Wildman–Crippen MR) is 98.5 cm³/mol. The Hall–Kier alpha value is -2.93. The number of carbonyl (C=O) groups is 2. The molecule has 3 rings (SSSR count). The predicted octanol–water partition coefficient (Wildman–Crippen LogP) is 3.56. The lowest BCUT2D eigenvalue weighted by Crippen LogP contribution is -2.24. The summed E-state index contributed by atoms with van der Waals surface area (Å²) in [6.07, 6.45) is 1.41. The van der Waals surface area contributed by atoms with Crippen molar-refractivity contribution in [2.45, 2.75) is 19.3 Å². The second-order valence-corrected chi connectivity index (χ2v) is 6.37. The Labute approximate surface area is 154 Å². The molecule has 1 saturated heterocycles. The van der Waals surface area contributed by atoms with Crippen LogP contribution in [0.5, 0.6) is 0 Å². The highest BCUT2D eigenvalue weighted by molar-refractivity contribution is 6.34. The van der Waals surface area contributed by atoms with Crippen LogP contribution >= 0.6 is 11.6 Å². The summed E-state index contributed by atoms with van der Waals surface area (Å²) in [6.45, 7) is 0.643. The smallest absolute Gasteiger partial charge is 0.269 e. The van der Waals surface area contributed by atoms with Gasteiger partial charge in [0.05, 0.1) is 22.1 Å². The van der Waals surface area contributed by atoms with Gasteiger partial charge < -0.3 is 10.2 Å². The number of carbonyl (C=O) groups excluding carboxylic acids is 2. The number of hydrogen-bond donors (Lipinski definition) is 1. The van der Waals surface area contributed by atoms with Crippen molar-refractivity contribution in [2.75, 3.05) is 16.8 Å². The number of hydrogen-bond acceptors (Lipinski definition) is 4. The van der Waals surface area contributed by atoms with Crippen molar-refractivity contribution in [3.8, 4) is 0 Å². The maximum atomic E-state index is 12.2. The third kappa shape index (κ3) is 4.00. The molecule has 0 aliphatic carbocycles. The van der Waals surface area contributed by atoms with E-state index in [2.05, 4.69) is 5.32 Å². The first-order valence-electron chi connectivity index (χ1n) is 8.07. The molecule has 1 heterocycles. The van der Waals surface area contributed by atoms with Gasteiger partial charge in [-0.25, -0.2) is 0 Å². The summed E-state index contributed by atoms with van der Waals surface area (Å²) in [4.78, 5) is 35.8. The zero-order chi connectivity index (χ0) is 18.7. The maximum Gasteiger partial charge on any atom is 0.269 e. The average molecular weight is 374 g/mol. The normalized spacial score (nSPS) is 13.7. The Morgan fingerprint density at radius 3 is 2.54 bits per heavy atom. The number of rotatable bonds is 5. The molecule has 0 aromatic heterocycles. The number of amides is 2. The number of nitro benzene ring substituents is 1. The van der Waals surface area contributed by atoms with E-state index in [1.54, 1.807) is 35.2 Å². The zero-order valence-corrected chi connectivity index (χ0v) is 14.5. The molecule has 2 aromatic carbocycles. The number of halogens is 1. The number of benzene rings is 2. The third-order valence-electron chi connectivity index (χ3n) is 4.11. The van der Waals surface area contributed by atoms with Crippen LogP contribution in [0.3, 0.4) is 0 Å². The van der Waals surface area contributed by atoms with Crippen LogP contribution in [0.25, 0.3) is 0 Å². The number of anilines is 2. The minimum absolute atomic E-state index is 0.0204. The van der Waals surface area contributed by atoms with Crippen molar-refractivity contribution >= 4 is 40.5 Å². The molecule has 0 radical (unpaired) electrons. The van der Waals surface area contributed by atoms with Crippen molar-refractivity contribution in [2.24, 2.45) is 0 Å². The van der Waals surface area contributed by atoms with Gasteiger partial charge in [-0.1, -0.05) is 23.7 Å². The SMILES string of the molecule is O=C(Cc1ccc([N+](=O)[O-])cc1)Nc1ccc(N2CCCC2=O)c(Cl)c1. The molecular weight excluding hydrogens is 358 g/mol. The Bertz CT molecular complexity index is 867. The molecule has 2 amide bonds. The topological polar surface area (TPSA) is 92.5 Å². The van der Waals surface area contributed by atoms with Crippen molar-refractivity contribution in [1.82, 2.24) is 0 Å². The summed E-state index contributed by atoms with van der Waals surface area (Å²) >= 11 is 6.26. The van der Waals surface area contributed by atoms with E-state index < -0.39 is 4.92 Å². The molecule has 0 atom stereocenters. The van der Waals surface area contributed by atoms with E-state index in [1.807, 2.05) is 0 Å². The van der Waals surface area contributed by atoms with Crippen LogP contribution in [0, 0.1) is 10.1 Å². The third-order valence-corrected chi connectivity index (χ3v) is 4.41. The highest BCUT2D eigenvalue weighted by Gasteiger charge is 2.23. The Balaban J connectivity index is 1.64. The molecule has 8 heteroatoms. The minimum atomic E-state index is -0.488. The number of non-ortho nitro benzene ring substituents is 1. The average Bonchev–Trinajstić information content (AvgIpc) is 3.01. The highest BCUT2D eigenvalue weighted by Crippen LogP contribution is 2.31. The van der Waals surface area contributed by atoms with E-state index >= 15 is 0 Å². The van der Waals surface area contributed by atoms with Crippen molar-refractivity contribution < 1.29 is 14.5 Å². The van der Waals surface area contributed by atoms with Crippen molar-refractivity contribution in [3.05, 3.63) is 63.2 Å². The van der Waals surface area contributed by atoms with Crippen LogP contribution in [0.1, 0.15) is 18.4 Å². The zero-order valence-electron chi connectivity index (χ0n) is 13.8. The summed E-state index contributed by atoms with van der Waals surface area (Å²) in [5.74, 6) is -0.221. The molecule has 0 bridgehead atoms. The second-order valence-electron chi connectivity index (χ2n) is 5.96. The Morgan fingerprint density at radius 1 is 1.23 bits per heavy atom. The van der Waals surface area contributed by atoms with Gasteiger partial charge in [0.1, 0.15) is 0 Å². The van der Waals surface area contributed by atoms with E-state index in [-0.39, 0.29) is 23.9 Å². The first-order chi connectivity index (χ1) is 12.4. The minimum Gasteiger partial charge on any atom is -0.326 e. The Morgan fingerprint density at radius 2 is 1.96 bits per heavy atom. The van der Waals surface area contributed by atoms with Crippen LogP contribution < -0.4 is 10.2 Å². The highest BCUT2D eigenvalue weighted by atomic mass is 35.5. The lowest BCUT2D eigenvalue weighted by atomic mass is 10.1. The van der Waals surface area contributed by atoms with Crippen LogP contribution in [0.4, 0.5) is 17.1 Å². The Kier molecular flexibility index (Phi) is 5.18. The lowest BCUT2D eigenvalue weighted by Gasteiger charge is -2.18. The van der Waals surface area contributed by atoms with E-state index in [4.69, 9.17) is 11.6 Å². The largest absolute Gasteiger partial charge is 0.326 e. The van der Waals surface area contributed by atoms with Gasteiger partial charge in [0.15, 0.2) is 0 Å². The number of nitro groups is 1. The van der Waals surface area contributed by atoms with Crippen LogP contribution in [0.15, 0.2) is 42.5 Å². The molecule has 26 heavy (non-hydrogen) atoms. The summed E-state index contributed by atoms with van der Waals surface area (Å²) in [6, 6.07) is 10.8. The molecule has 0 saturated carbocycles. The van der Waals surface area contributed by atoms with E-state index in [1.165, 1.54) is 12.1 Å². The molecule has 0 spiro atoms. The second kappa shape index (κ2) is 7.53. The van der Waals surface area contributed by atoms with Crippen LogP contribution in [0.2, 0.25) is 5.02 Å². The van der Waals surface area contributed by atoms with Crippen LogP contribution in [-0.4, -0.2) is 23.3 Å². The van der Waals surface area contributed by atoms with E-state index in [9.17, 15) is 19.7 Å². The monoisotopic (exact) mass is 373 g/mol. The fourth-order valence-corrected chi connectivity index (χ4v) is 3.12. The van der Waals surface area contributed by atoms with Gasteiger partial charge in [0.2, 0.25) is 11.8 Å². The molecule has 0 unspecified atom stereocenters. The molecule has 2 aromatic rings. The van der Waals surface area contributed by atoms with Crippen LogP contribution in [-0.2, 0) is 16.0 Å². The van der Waals surface area contributed by atoms with Gasteiger partial charge in [0, 0.05) is 30.8 Å². The molecule has 1 aliphatic rings. The van der Waals surface area contributed by atoms with Gasteiger partial charge >= 0.3 is 0 Å². The summed E-state index contributed by atoms with van der Waals surface area (Å²) in [7, 11) is 0. The van der Waals surface area contributed by atoms with E-state index in [0.29, 0.717) is 34.9 Å². The first-order valence-corrected chi connectivity index (χ1v) is 8.45. The summed E-state index contributed by atoms with van der Waals surface area (Å²) in [5.41, 5.74) is 1.81. The standard InChI is InChI=1S/C18H16ClN3O4/c19-15-11-13(5-8-16(15)21-9-1-2-18(21)24)20-17(23)10-12-3-6-14(7-4-12)22(25)26/h3-8,11H,1-2,9-10H2,(H,20,23). The van der Waals surface area contributed by atoms with Gasteiger partial charge in [-0.3, -0.25) is 19.7 Å². The molecule has 1 fully saturated rings. The number of nitrogens with zero attached hydrogens (tertiary/aromatic N) is 2. The maximum absolute atomic E-state index is 12.2. The van der Waals surface area contributed by atoms with Crippen molar-refractivity contribution in [3.63, 3.8) is 0 Å². The summed E-state index contributed by atoms with van der Waals surface area (Å²) in [5, 5.41) is 13.8. The molecule has 7 nitrogen and oxygen atoms in total. The van der Waals surface area contributed by atoms with Gasteiger partial charge in [0.25, 0.3) is 5.69 Å². The molecular formula is C18H16ClN3O4. The van der Waals surface area contributed by atoms with Gasteiger partial charge in [-0.15, -0.1) is 0 Å². The van der Waals surface area contributed by atoms with Gasteiger partial charge in [-0.2, -0.15) is 0 Å². The quantitative estimate of drug-likeness (QED) is 0.640. The van der Waals surface area contributed by atoms with E-state index in [0.717, 1.165) is 6.42 Å². The molecule has 134 valence electrons. The van der Waals surface area contributed by atoms with Gasteiger partial charge in [-0.05, 0) is 30.2 Å². The summed E-state index contributed by atoms with van der Waals surface area (Å²) < 4.78 is 0. The fourth-order valence-electron chi connectivity index (χ4n) is 2.83. The van der Waals surface area contributed by atoms with Crippen molar-refractivity contribution in [1.29, 1.82) is 0 Å². The lowest BCUT2D eigenvalue weighted by molar-refractivity contribution is -0.384. The first kappa shape index (κ1) is 17.9.